The maximum atomic E-state index is 9.21. The molecule has 0 spiro atoms. The Bertz CT molecular complexity index is 522. The van der Waals surface area contributed by atoms with Crippen LogP contribution in [-0.2, 0) is 0 Å². The summed E-state index contributed by atoms with van der Waals surface area (Å²) in [5.41, 5.74) is 0.613. The van der Waals surface area contributed by atoms with Crippen LogP contribution in [0.2, 0.25) is 5.28 Å². The maximum absolute atomic E-state index is 9.21. The zero-order valence-corrected chi connectivity index (χ0v) is 9.07. The molecule has 7 heteroatoms. The average molecular weight is 240 g/mol. The van der Waals surface area contributed by atoms with Crippen LogP contribution in [0, 0.1) is 0 Å². The molecule has 3 rings (SSSR count). The number of H-pyrrole nitrogens is 1. The van der Waals surface area contributed by atoms with Crippen LogP contribution in [0.1, 0.15) is 12.8 Å². The second kappa shape index (κ2) is 3.57. The van der Waals surface area contributed by atoms with Gasteiger partial charge in [-0.15, -0.1) is 0 Å². The topological polar surface area (TPSA) is 86.7 Å². The minimum atomic E-state index is -0.199. The molecule has 6 nitrogen and oxygen atoms in total. The van der Waals surface area contributed by atoms with Gasteiger partial charge in [0.05, 0.1) is 17.7 Å². The van der Waals surface area contributed by atoms with Gasteiger partial charge in [0, 0.05) is 6.04 Å². The lowest BCUT2D eigenvalue weighted by atomic mass is 9.89. The van der Waals surface area contributed by atoms with Crippen molar-refractivity contribution in [2.24, 2.45) is 0 Å². The van der Waals surface area contributed by atoms with E-state index in [9.17, 15) is 5.11 Å². The third kappa shape index (κ3) is 1.60. The highest BCUT2D eigenvalue weighted by Gasteiger charge is 2.27. The van der Waals surface area contributed by atoms with Crippen molar-refractivity contribution in [1.82, 2.24) is 20.2 Å². The number of hydrogen-bond donors (Lipinski definition) is 3. The highest BCUT2D eigenvalue weighted by molar-refractivity contribution is 6.28. The van der Waals surface area contributed by atoms with Crippen molar-refractivity contribution in [3.8, 4) is 0 Å². The zero-order valence-electron chi connectivity index (χ0n) is 8.31. The van der Waals surface area contributed by atoms with E-state index in [0.717, 1.165) is 18.2 Å². The number of aromatic nitrogens is 4. The smallest absolute Gasteiger partial charge is 0.226 e. The predicted molar refractivity (Wildman–Crippen MR) is 59.3 cm³/mol. The predicted octanol–water partition coefficient (Wildman–Crippen LogP) is 0.941. The number of aliphatic hydroxyl groups excluding tert-OH is 1. The zero-order chi connectivity index (χ0) is 11.1. The largest absolute Gasteiger partial charge is 0.393 e. The van der Waals surface area contributed by atoms with Crippen molar-refractivity contribution in [3.05, 3.63) is 11.5 Å². The van der Waals surface area contributed by atoms with Gasteiger partial charge in [-0.2, -0.15) is 15.1 Å². The Hall–Kier alpha value is -1.40. The van der Waals surface area contributed by atoms with Gasteiger partial charge in [-0.25, -0.2) is 0 Å². The maximum Gasteiger partial charge on any atom is 0.226 e. The van der Waals surface area contributed by atoms with Crippen LogP contribution in [0.3, 0.4) is 0 Å². The fourth-order valence-electron chi connectivity index (χ4n) is 1.82. The molecule has 2 heterocycles. The van der Waals surface area contributed by atoms with Crippen LogP contribution in [0.15, 0.2) is 6.20 Å². The number of fused-ring (bicyclic) bond motifs is 1. The third-order valence-corrected chi connectivity index (χ3v) is 2.91. The number of aliphatic hydroxyl groups is 1. The van der Waals surface area contributed by atoms with E-state index in [1.54, 1.807) is 6.20 Å². The molecular weight excluding hydrogens is 230 g/mol. The molecule has 3 N–H and O–H groups in total. The van der Waals surface area contributed by atoms with Crippen molar-refractivity contribution in [2.75, 3.05) is 5.32 Å². The SMILES string of the molecule is OC1CC(Nc2nc(Cl)nc3[nH]ncc23)C1. The Morgan fingerprint density at radius 3 is 3.00 bits per heavy atom. The Kier molecular flexibility index (Phi) is 2.19. The monoisotopic (exact) mass is 239 g/mol. The first-order valence-corrected chi connectivity index (χ1v) is 5.41. The van der Waals surface area contributed by atoms with Gasteiger partial charge in [0.1, 0.15) is 5.82 Å². The first-order chi connectivity index (χ1) is 7.72. The molecule has 0 saturated heterocycles. The standard InChI is InChI=1S/C9H10ClN5O/c10-9-13-7(12-4-1-5(16)2-4)6-3-11-15-8(6)14-9/h3-5,16H,1-2H2,(H2,11,12,13,14,15). The van der Waals surface area contributed by atoms with Crippen LogP contribution in [-0.4, -0.2) is 37.4 Å². The number of halogens is 1. The lowest BCUT2D eigenvalue weighted by molar-refractivity contribution is 0.0836. The number of anilines is 1. The molecule has 0 atom stereocenters. The Balaban J connectivity index is 1.92. The highest BCUT2D eigenvalue weighted by Crippen LogP contribution is 2.27. The summed E-state index contributed by atoms with van der Waals surface area (Å²) >= 11 is 5.79. The fourth-order valence-corrected chi connectivity index (χ4v) is 1.99. The van der Waals surface area contributed by atoms with Crippen molar-refractivity contribution in [3.63, 3.8) is 0 Å². The third-order valence-electron chi connectivity index (χ3n) is 2.74. The Morgan fingerprint density at radius 1 is 1.44 bits per heavy atom. The van der Waals surface area contributed by atoms with E-state index in [0.29, 0.717) is 11.5 Å². The fraction of sp³-hybridized carbons (Fsp3) is 0.444. The van der Waals surface area contributed by atoms with Crippen molar-refractivity contribution in [2.45, 2.75) is 25.0 Å². The van der Waals surface area contributed by atoms with E-state index in [1.165, 1.54) is 0 Å². The molecule has 0 aliphatic heterocycles. The molecule has 2 aromatic rings. The van der Waals surface area contributed by atoms with Gasteiger partial charge in [0.2, 0.25) is 5.28 Å². The quantitative estimate of drug-likeness (QED) is 0.679. The second-order valence-corrected chi connectivity index (χ2v) is 4.28. The van der Waals surface area contributed by atoms with E-state index < -0.39 is 0 Å². The molecule has 1 saturated carbocycles. The summed E-state index contributed by atoms with van der Waals surface area (Å²) in [5.74, 6) is 0.667. The normalized spacial score (nSPS) is 24.4. The van der Waals surface area contributed by atoms with E-state index in [1.807, 2.05) is 0 Å². The van der Waals surface area contributed by atoms with E-state index >= 15 is 0 Å². The van der Waals surface area contributed by atoms with Crippen molar-refractivity contribution >= 4 is 28.5 Å². The molecule has 0 radical (unpaired) electrons. The Morgan fingerprint density at radius 2 is 2.25 bits per heavy atom. The van der Waals surface area contributed by atoms with E-state index in [2.05, 4.69) is 25.5 Å². The van der Waals surface area contributed by atoms with Crippen LogP contribution in [0.5, 0.6) is 0 Å². The molecule has 0 unspecified atom stereocenters. The molecule has 0 aromatic carbocycles. The highest BCUT2D eigenvalue weighted by atomic mass is 35.5. The van der Waals surface area contributed by atoms with Gasteiger partial charge in [-0.05, 0) is 24.4 Å². The first-order valence-electron chi connectivity index (χ1n) is 5.03. The molecular formula is C9H10ClN5O. The lowest BCUT2D eigenvalue weighted by Gasteiger charge is -2.32. The van der Waals surface area contributed by atoms with Gasteiger partial charge >= 0.3 is 0 Å². The van der Waals surface area contributed by atoms with Gasteiger partial charge in [0.15, 0.2) is 5.65 Å². The average Bonchev–Trinajstić information content (AvgIpc) is 2.62. The Labute approximate surface area is 96.1 Å². The van der Waals surface area contributed by atoms with Crippen LogP contribution < -0.4 is 5.32 Å². The number of nitrogens with zero attached hydrogens (tertiary/aromatic N) is 3. The molecule has 1 aliphatic rings. The number of rotatable bonds is 2. The van der Waals surface area contributed by atoms with Crippen molar-refractivity contribution in [1.29, 1.82) is 0 Å². The van der Waals surface area contributed by atoms with Crippen LogP contribution in [0.25, 0.3) is 11.0 Å². The summed E-state index contributed by atoms with van der Waals surface area (Å²) in [6, 6.07) is 0.249. The molecule has 2 aromatic heterocycles. The number of nitrogens with one attached hydrogen (secondary N) is 2. The molecule has 1 aliphatic carbocycles. The van der Waals surface area contributed by atoms with E-state index in [4.69, 9.17) is 11.6 Å². The molecule has 16 heavy (non-hydrogen) atoms. The number of aromatic amines is 1. The summed E-state index contributed by atoms with van der Waals surface area (Å²) in [6.07, 6.45) is 2.93. The molecule has 84 valence electrons. The summed E-state index contributed by atoms with van der Waals surface area (Å²) in [6.45, 7) is 0. The lowest BCUT2D eigenvalue weighted by Crippen LogP contribution is -2.39. The second-order valence-electron chi connectivity index (χ2n) is 3.94. The first kappa shape index (κ1) is 9.80. The summed E-state index contributed by atoms with van der Waals surface area (Å²) in [4.78, 5) is 8.13. The number of hydrogen-bond acceptors (Lipinski definition) is 5. The van der Waals surface area contributed by atoms with Gasteiger partial charge in [-0.1, -0.05) is 0 Å². The summed E-state index contributed by atoms with van der Waals surface area (Å²) < 4.78 is 0. The molecule has 0 bridgehead atoms. The van der Waals surface area contributed by atoms with Gasteiger partial charge in [0.25, 0.3) is 0 Å². The van der Waals surface area contributed by atoms with Gasteiger partial charge in [-0.3, -0.25) is 5.10 Å². The van der Waals surface area contributed by atoms with Crippen molar-refractivity contribution < 1.29 is 5.11 Å². The summed E-state index contributed by atoms with van der Waals surface area (Å²) in [7, 11) is 0. The van der Waals surface area contributed by atoms with Crippen LogP contribution >= 0.6 is 11.6 Å². The molecule has 1 fully saturated rings. The minimum absolute atomic E-state index is 0.180. The van der Waals surface area contributed by atoms with Crippen LogP contribution in [0.4, 0.5) is 5.82 Å². The van der Waals surface area contributed by atoms with E-state index in [-0.39, 0.29) is 17.4 Å². The summed E-state index contributed by atoms with van der Waals surface area (Å²) in [5, 5.41) is 20.1. The molecule has 0 amide bonds. The minimum Gasteiger partial charge on any atom is -0.393 e. The van der Waals surface area contributed by atoms with Gasteiger partial charge < -0.3 is 10.4 Å².